The summed E-state index contributed by atoms with van der Waals surface area (Å²) in [7, 11) is 0. The third-order valence-electron chi connectivity index (χ3n) is 3.51. The molecular weight excluding hydrogens is 374 g/mol. The molecule has 26 heavy (non-hydrogen) atoms. The van der Waals surface area contributed by atoms with Gasteiger partial charge in [-0.15, -0.1) is 4.72 Å². The van der Waals surface area contributed by atoms with Gasteiger partial charge in [-0.1, -0.05) is 35.9 Å². The van der Waals surface area contributed by atoms with Gasteiger partial charge in [0.15, 0.2) is 0 Å². The van der Waals surface area contributed by atoms with E-state index in [9.17, 15) is 14.5 Å². The largest absolute Gasteiger partial charge is 0.598 e. The number of carboxylic acids is 1. The molecule has 0 amide bonds. The van der Waals surface area contributed by atoms with E-state index < -0.39 is 28.1 Å². The van der Waals surface area contributed by atoms with E-state index in [-0.39, 0.29) is 6.42 Å². The van der Waals surface area contributed by atoms with Gasteiger partial charge in [-0.05, 0) is 50.6 Å². The van der Waals surface area contributed by atoms with Crippen molar-refractivity contribution in [3.05, 3.63) is 59.1 Å². The van der Waals surface area contributed by atoms with E-state index in [1.165, 1.54) is 0 Å². The summed E-state index contributed by atoms with van der Waals surface area (Å²) < 4.78 is 20.6. The van der Waals surface area contributed by atoms with Gasteiger partial charge in [0.1, 0.15) is 16.2 Å². The van der Waals surface area contributed by atoms with E-state index in [0.717, 1.165) is 0 Å². The summed E-state index contributed by atoms with van der Waals surface area (Å²) in [6.45, 7) is 5.47. The molecule has 2 unspecified atom stereocenters. The Labute approximate surface area is 161 Å². The minimum atomic E-state index is -1.41. The summed E-state index contributed by atoms with van der Waals surface area (Å²) in [5, 5.41) is 9.69. The second-order valence-electron chi connectivity index (χ2n) is 6.75. The number of hydrogen-bond donors (Lipinski definition) is 2. The first kappa shape index (κ1) is 20.6. The average molecular weight is 396 g/mol. The lowest BCUT2D eigenvalue weighted by Crippen LogP contribution is -2.41. The highest BCUT2D eigenvalue weighted by molar-refractivity contribution is 7.90. The van der Waals surface area contributed by atoms with Gasteiger partial charge >= 0.3 is 5.97 Å². The van der Waals surface area contributed by atoms with Gasteiger partial charge in [0, 0.05) is 11.4 Å². The van der Waals surface area contributed by atoms with Crippen molar-refractivity contribution < 1.29 is 19.2 Å². The Kier molecular flexibility index (Phi) is 6.94. The molecule has 0 saturated heterocycles. The molecule has 0 fully saturated rings. The van der Waals surface area contributed by atoms with E-state index in [1.54, 1.807) is 42.5 Å². The first-order chi connectivity index (χ1) is 12.2. The van der Waals surface area contributed by atoms with Crippen molar-refractivity contribution in [2.75, 3.05) is 0 Å². The van der Waals surface area contributed by atoms with Crippen molar-refractivity contribution in [3.63, 3.8) is 0 Å². The lowest BCUT2D eigenvalue weighted by atomic mass is 10.0. The first-order valence-corrected chi connectivity index (χ1v) is 9.62. The molecule has 0 radical (unpaired) electrons. The maximum atomic E-state index is 12.4. The van der Waals surface area contributed by atoms with Gasteiger partial charge in [0.2, 0.25) is 0 Å². The molecule has 0 bridgehead atoms. The van der Waals surface area contributed by atoms with Crippen LogP contribution in [0.3, 0.4) is 0 Å². The summed E-state index contributed by atoms with van der Waals surface area (Å²) in [5.74, 6) is 0.0486. The summed E-state index contributed by atoms with van der Waals surface area (Å²) in [4.78, 5) is 11.2. The van der Waals surface area contributed by atoms with E-state index in [4.69, 9.17) is 16.3 Å². The molecule has 0 aliphatic rings. The zero-order chi connectivity index (χ0) is 19.3. The van der Waals surface area contributed by atoms with Crippen LogP contribution in [0.2, 0.25) is 5.02 Å². The minimum absolute atomic E-state index is 0.197. The van der Waals surface area contributed by atoms with Crippen LogP contribution in [0.5, 0.6) is 11.5 Å². The summed E-state index contributed by atoms with van der Waals surface area (Å²) in [6, 6.07) is 13.5. The monoisotopic (exact) mass is 395 g/mol. The van der Waals surface area contributed by atoms with E-state index in [1.807, 2.05) is 26.8 Å². The van der Waals surface area contributed by atoms with Gasteiger partial charge in [-0.2, -0.15) is 0 Å². The van der Waals surface area contributed by atoms with Crippen LogP contribution >= 0.6 is 11.6 Å². The molecule has 2 rings (SSSR count). The van der Waals surface area contributed by atoms with Gasteiger partial charge in [-0.25, -0.2) is 0 Å². The Morgan fingerprint density at radius 2 is 1.96 bits per heavy atom. The zero-order valence-electron chi connectivity index (χ0n) is 14.9. The van der Waals surface area contributed by atoms with Crippen molar-refractivity contribution in [1.29, 1.82) is 0 Å². The average Bonchev–Trinajstić information content (AvgIpc) is 2.55. The van der Waals surface area contributed by atoms with Crippen LogP contribution in [0.1, 0.15) is 38.8 Å². The molecule has 2 N–H and O–H groups in total. The van der Waals surface area contributed by atoms with Crippen molar-refractivity contribution in [2.45, 2.75) is 38.0 Å². The van der Waals surface area contributed by atoms with Crippen LogP contribution in [0.15, 0.2) is 48.5 Å². The molecule has 140 valence electrons. The number of carbonyl (C=O) groups is 1. The number of para-hydroxylation sites is 1. The number of benzene rings is 2. The van der Waals surface area contributed by atoms with Gasteiger partial charge < -0.3 is 14.4 Å². The van der Waals surface area contributed by atoms with E-state index >= 15 is 0 Å². The van der Waals surface area contributed by atoms with Gasteiger partial charge in [-0.3, -0.25) is 4.79 Å². The topological polar surface area (TPSA) is 81.6 Å². The van der Waals surface area contributed by atoms with Crippen molar-refractivity contribution in [3.8, 4) is 11.5 Å². The maximum absolute atomic E-state index is 12.4. The van der Waals surface area contributed by atoms with E-state index in [0.29, 0.717) is 22.1 Å². The van der Waals surface area contributed by atoms with Crippen molar-refractivity contribution in [1.82, 2.24) is 4.72 Å². The standard InChI is InChI=1S/C19H22ClNO4S/c1-19(2,3)26(24)21-16(12-18(22)23)13-7-6-8-14(11-13)25-17-10-5-4-9-15(17)20/h4-11,16,21H,12H2,1-3H3,(H,22,23). The molecule has 2 aromatic carbocycles. The predicted octanol–water partition coefficient (Wildman–Crippen LogP) is 4.70. The highest BCUT2D eigenvalue weighted by Gasteiger charge is 2.31. The first-order valence-electron chi connectivity index (χ1n) is 8.09. The fourth-order valence-corrected chi connectivity index (χ4v) is 3.16. The number of nitrogens with one attached hydrogen (secondary N) is 1. The fraction of sp³-hybridized carbons (Fsp3) is 0.316. The zero-order valence-corrected chi connectivity index (χ0v) is 16.4. The molecule has 0 aromatic heterocycles. The molecule has 0 heterocycles. The molecule has 0 aliphatic carbocycles. The summed E-state index contributed by atoms with van der Waals surface area (Å²) in [6.07, 6.45) is -0.197. The Morgan fingerprint density at radius 1 is 1.27 bits per heavy atom. The smallest absolute Gasteiger partial charge is 0.305 e. The number of aliphatic carboxylic acids is 1. The lowest BCUT2D eigenvalue weighted by molar-refractivity contribution is -0.137. The molecule has 0 aliphatic heterocycles. The second kappa shape index (κ2) is 8.77. The Morgan fingerprint density at radius 3 is 2.58 bits per heavy atom. The van der Waals surface area contributed by atoms with E-state index in [2.05, 4.69) is 4.72 Å². The normalized spacial score (nSPS) is 13.9. The quantitative estimate of drug-likeness (QED) is 0.664. The van der Waals surface area contributed by atoms with Crippen LogP contribution in [0.25, 0.3) is 0 Å². The fourth-order valence-electron chi connectivity index (χ4n) is 2.16. The molecule has 2 aromatic rings. The number of hydrogen-bond acceptors (Lipinski definition) is 4. The number of ether oxygens (including phenoxy) is 1. The van der Waals surface area contributed by atoms with Crippen LogP contribution in [0.4, 0.5) is 0 Å². The van der Waals surface area contributed by atoms with Crippen LogP contribution < -0.4 is 9.46 Å². The second-order valence-corrected chi connectivity index (χ2v) is 9.16. The summed E-state index contributed by atoms with van der Waals surface area (Å²) >= 11 is 4.70. The summed E-state index contributed by atoms with van der Waals surface area (Å²) in [5.41, 5.74) is 0.676. The molecular formula is C19H22ClNO4S. The van der Waals surface area contributed by atoms with Gasteiger partial charge in [0.05, 0.1) is 17.5 Å². The highest BCUT2D eigenvalue weighted by Crippen LogP contribution is 2.31. The van der Waals surface area contributed by atoms with Crippen molar-refractivity contribution >= 4 is 28.9 Å². The van der Waals surface area contributed by atoms with Crippen LogP contribution in [-0.4, -0.2) is 20.4 Å². The highest BCUT2D eigenvalue weighted by atomic mass is 35.5. The maximum Gasteiger partial charge on any atom is 0.305 e. The molecule has 0 saturated carbocycles. The van der Waals surface area contributed by atoms with Crippen LogP contribution in [-0.2, 0) is 16.2 Å². The SMILES string of the molecule is CC(C)(C)[S+]([O-])NC(CC(=O)O)c1cccc(Oc2ccccc2Cl)c1. The lowest BCUT2D eigenvalue weighted by Gasteiger charge is -2.27. The minimum Gasteiger partial charge on any atom is -0.598 e. The van der Waals surface area contributed by atoms with Gasteiger partial charge in [0.25, 0.3) is 0 Å². The third kappa shape index (κ3) is 5.92. The molecule has 0 spiro atoms. The number of carboxylic acid groups (broad SMARTS) is 1. The number of halogens is 1. The number of rotatable bonds is 7. The Hall–Kier alpha value is -1.73. The Bertz CT molecular complexity index is 763. The van der Waals surface area contributed by atoms with Crippen molar-refractivity contribution in [2.24, 2.45) is 0 Å². The Balaban J connectivity index is 2.25. The molecule has 7 heteroatoms. The molecule has 2 atom stereocenters. The predicted molar refractivity (Wildman–Crippen MR) is 104 cm³/mol. The molecule has 5 nitrogen and oxygen atoms in total. The van der Waals surface area contributed by atoms with Crippen LogP contribution in [0, 0.1) is 0 Å². The third-order valence-corrected chi connectivity index (χ3v) is 5.43.